The molecule has 0 aromatic rings. The van der Waals surface area contributed by atoms with Crippen molar-refractivity contribution in [2.24, 2.45) is 0 Å². The van der Waals surface area contributed by atoms with E-state index in [9.17, 15) is 19.4 Å². The van der Waals surface area contributed by atoms with Gasteiger partial charge in [-0.05, 0) is 83.5 Å². The van der Waals surface area contributed by atoms with E-state index in [1.807, 2.05) is 27.2 Å². The van der Waals surface area contributed by atoms with Gasteiger partial charge in [-0.15, -0.1) is 0 Å². The number of phosphoric ester groups is 1. The topological polar surface area (TPSA) is 105 Å². The molecule has 0 rings (SSSR count). The number of unbranched alkanes of at least 4 members (excludes halogenated alkanes) is 14. The number of aliphatic hydroxyl groups is 1. The third kappa shape index (κ3) is 48.8. The third-order valence-electron chi connectivity index (χ3n) is 10.7. The standard InChI is InChI=1S/C57H97N2O6P/c1-6-8-10-12-14-16-18-20-22-23-24-25-26-27-28-29-30-31-32-33-34-35-37-39-41-43-45-47-49-51-57(61)58-55(54-65-66(62,63)64-53-52-59(3,4)5)56(60)50-48-46-44-42-40-38-36-21-19-17-15-13-11-9-7-2/h8,10,14,16,20,22,24-25,27-28,30-31,33-34,37,39,43,45,48,50,55-56,60H,6-7,9,11-13,15,17-19,21,23,26,29,32,35-36,38,40-42,44,46-47,49,51-54H2,1-5H3,(H-,58,61,62,63)/p+1/b10-8-,16-14-,22-20-,25-24-,28-27-,31-30-,34-33-,39-37-,45-43-,50-48+. The Balaban J connectivity index is 4.43. The molecule has 66 heavy (non-hydrogen) atoms. The summed E-state index contributed by atoms with van der Waals surface area (Å²) in [4.78, 5) is 23.2. The smallest absolute Gasteiger partial charge is 0.387 e. The van der Waals surface area contributed by atoms with Gasteiger partial charge in [-0.25, -0.2) is 4.57 Å². The molecule has 8 nitrogen and oxygen atoms in total. The molecule has 3 N–H and O–H groups in total. The zero-order chi connectivity index (χ0) is 48.5. The number of quaternary nitrogens is 1. The van der Waals surface area contributed by atoms with Crippen LogP contribution in [0.25, 0.3) is 0 Å². The van der Waals surface area contributed by atoms with Crippen LogP contribution in [-0.4, -0.2) is 73.4 Å². The Morgan fingerprint density at radius 1 is 0.530 bits per heavy atom. The molecular weight excluding hydrogens is 840 g/mol. The van der Waals surface area contributed by atoms with Crippen molar-refractivity contribution in [1.82, 2.24) is 5.32 Å². The molecular formula is C57H98N2O6P+. The highest BCUT2D eigenvalue weighted by atomic mass is 31.2. The number of nitrogens with one attached hydrogen (secondary N) is 1. The minimum Gasteiger partial charge on any atom is -0.387 e. The van der Waals surface area contributed by atoms with Crippen LogP contribution < -0.4 is 5.32 Å². The van der Waals surface area contributed by atoms with Crippen LogP contribution in [0.3, 0.4) is 0 Å². The van der Waals surface area contributed by atoms with E-state index in [2.05, 4.69) is 129 Å². The van der Waals surface area contributed by atoms with Crippen molar-refractivity contribution in [2.75, 3.05) is 40.9 Å². The number of rotatable bonds is 45. The predicted molar refractivity (Wildman–Crippen MR) is 285 cm³/mol. The zero-order valence-corrected chi connectivity index (χ0v) is 43.5. The summed E-state index contributed by atoms with van der Waals surface area (Å²) < 4.78 is 23.6. The quantitative estimate of drug-likeness (QED) is 0.0243. The fourth-order valence-corrected chi connectivity index (χ4v) is 7.37. The largest absolute Gasteiger partial charge is 0.472 e. The van der Waals surface area contributed by atoms with Crippen molar-refractivity contribution >= 4 is 13.7 Å². The van der Waals surface area contributed by atoms with Gasteiger partial charge in [0.2, 0.25) is 5.91 Å². The Morgan fingerprint density at radius 3 is 1.32 bits per heavy atom. The fraction of sp³-hybridized carbons (Fsp3) is 0.632. The number of carbonyl (C=O) groups is 1. The normalized spacial score (nSPS) is 15.1. The van der Waals surface area contributed by atoms with E-state index >= 15 is 0 Å². The van der Waals surface area contributed by atoms with Gasteiger partial charge in [0, 0.05) is 6.42 Å². The molecule has 0 saturated carbocycles. The van der Waals surface area contributed by atoms with Crippen LogP contribution in [0.5, 0.6) is 0 Å². The first-order valence-corrected chi connectivity index (χ1v) is 27.4. The second-order valence-electron chi connectivity index (χ2n) is 18.2. The number of aliphatic hydroxyl groups excluding tert-OH is 1. The lowest BCUT2D eigenvalue weighted by Crippen LogP contribution is -2.45. The molecule has 0 saturated heterocycles. The molecule has 0 heterocycles. The van der Waals surface area contributed by atoms with Gasteiger partial charge < -0.3 is 19.8 Å². The summed E-state index contributed by atoms with van der Waals surface area (Å²) in [6.45, 7) is 4.63. The van der Waals surface area contributed by atoms with Crippen molar-refractivity contribution in [1.29, 1.82) is 0 Å². The highest BCUT2D eigenvalue weighted by Crippen LogP contribution is 2.43. The molecule has 1 amide bonds. The summed E-state index contributed by atoms with van der Waals surface area (Å²) in [6.07, 6.45) is 70.0. The molecule has 3 atom stereocenters. The van der Waals surface area contributed by atoms with Gasteiger partial charge in [0.15, 0.2) is 0 Å². The lowest BCUT2D eigenvalue weighted by atomic mass is 10.0. The summed E-state index contributed by atoms with van der Waals surface area (Å²) in [5.41, 5.74) is 0. The van der Waals surface area contributed by atoms with Gasteiger partial charge in [-0.2, -0.15) is 0 Å². The van der Waals surface area contributed by atoms with E-state index in [1.165, 1.54) is 70.6 Å². The maximum absolute atomic E-state index is 12.9. The minimum atomic E-state index is -4.37. The van der Waals surface area contributed by atoms with Crippen molar-refractivity contribution in [3.8, 4) is 0 Å². The number of hydrogen-bond acceptors (Lipinski definition) is 5. The first-order valence-electron chi connectivity index (χ1n) is 25.9. The average molecular weight is 938 g/mol. The lowest BCUT2D eigenvalue weighted by Gasteiger charge is -2.25. The molecule has 0 bridgehead atoms. The van der Waals surface area contributed by atoms with Crippen molar-refractivity contribution in [3.05, 3.63) is 122 Å². The lowest BCUT2D eigenvalue weighted by molar-refractivity contribution is -0.870. The second-order valence-corrected chi connectivity index (χ2v) is 19.6. The summed E-state index contributed by atoms with van der Waals surface area (Å²) in [7, 11) is 1.51. The number of likely N-dealkylation sites (N-methyl/N-ethyl adjacent to an activating group) is 1. The Bertz CT molecular complexity index is 1480. The van der Waals surface area contributed by atoms with Gasteiger partial charge in [-0.3, -0.25) is 13.8 Å². The predicted octanol–water partition coefficient (Wildman–Crippen LogP) is 15.4. The monoisotopic (exact) mass is 938 g/mol. The number of hydrogen-bond donors (Lipinski definition) is 3. The highest BCUT2D eigenvalue weighted by Gasteiger charge is 2.27. The SMILES string of the molecule is CC/C=C\C/C=C\C/C=C\C/C=C\C/C=C\C/C=C\C/C=C\C/C=C\C/C=C\CCCC(=O)NC(COP(=O)(O)OCC[N+](C)(C)C)C(O)/C=C/CCCCCCCCCCCCCCC. The number of allylic oxidation sites excluding steroid dienone is 19. The van der Waals surface area contributed by atoms with Crippen LogP contribution in [0.1, 0.15) is 181 Å². The van der Waals surface area contributed by atoms with E-state index in [0.29, 0.717) is 17.4 Å². The van der Waals surface area contributed by atoms with Crippen LogP contribution in [0, 0.1) is 0 Å². The first kappa shape index (κ1) is 62.9. The zero-order valence-electron chi connectivity index (χ0n) is 42.6. The average Bonchev–Trinajstić information content (AvgIpc) is 3.28. The summed E-state index contributed by atoms with van der Waals surface area (Å²) in [6, 6.07) is -0.886. The maximum Gasteiger partial charge on any atom is 0.472 e. The van der Waals surface area contributed by atoms with Gasteiger partial charge in [0.25, 0.3) is 0 Å². The number of phosphoric acid groups is 1. The molecule has 376 valence electrons. The van der Waals surface area contributed by atoms with E-state index in [-0.39, 0.29) is 25.5 Å². The molecule has 0 aliphatic carbocycles. The van der Waals surface area contributed by atoms with Gasteiger partial charge in [-0.1, -0.05) is 212 Å². The summed E-state index contributed by atoms with van der Waals surface area (Å²) >= 11 is 0. The van der Waals surface area contributed by atoms with Gasteiger partial charge in [0.05, 0.1) is 39.9 Å². The molecule has 3 unspecified atom stereocenters. The Morgan fingerprint density at radius 2 is 0.909 bits per heavy atom. The van der Waals surface area contributed by atoms with E-state index < -0.39 is 20.0 Å². The van der Waals surface area contributed by atoms with Crippen LogP contribution >= 0.6 is 7.82 Å². The molecule has 0 aromatic heterocycles. The highest BCUT2D eigenvalue weighted by molar-refractivity contribution is 7.47. The number of carbonyl (C=O) groups excluding carboxylic acids is 1. The van der Waals surface area contributed by atoms with Gasteiger partial charge >= 0.3 is 7.82 Å². The van der Waals surface area contributed by atoms with E-state index in [1.54, 1.807) is 6.08 Å². The summed E-state index contributed by atoms with van der Waals surface area (Å²) in [5, 5.41) is 13.8. The van der Waals surface area contributed by atoms with Crippen LogP contribution in [0.2, 0.25) is 0 Å². The molecule has 0 radical (unpaired) electrons. The third-order valence-corrected chi connectivity index (χ3v) is 11.7. The van der Waals surface area contributed by atoms with Crippen molar-refractivity contribution in [2.45, 2.75) is 193 Å². The first-order chi connectivity index (χ1) is 32.0. The van der Waals surface area contributed by atoms with Crippen molar-refractivity contribution < 1.29 is 32.9 Å². The Hall–Kier alpha value is -3.10. The minimum absolute atomic E-state index is 0.0436. The fourth-order valence-electron chi connectivity index (χ4n) is 6.63. The molecule has 0 aliphatic rings. The van der Waals surface area contributed by atoms with Crippen molar-refractivity contribution in [3.63, 3.8) is 0 Å². The molecule has 9 heteroatoms. The number of nitrogens with zero attached hydrogens (tertiary/aromatic N) is 1. The molecule has 0 spiro atoms. The van der Waals surface area contributed by atoms with E-state index in [0.717, 1.165) is 83.5 Å². The van der Waals surface area contributed by atoms with Gasteiger partial charge in [0.1, 0.15) is 13.2 Å². The maximum atomic E-state index is 12.9. The molecule has 0 fully saturated rings. The van der Waals surface area contributed by atoms with E-state index in [4.69, 9.17) is 9.05 Å². The Labute approximate surface area is 405 Å². The molecule has 0 aromatic carbocycles. The second kappa shape index (κ2) is 47.0. The Kier molecular flexibility index (Phi) is 44.8. The summed E-state index contributed by atoms with van der Waals surface area (Å²) in [5.74, 6) is -0.240. The number of amides is 1. The van der Waals surface area contributed by atoms with Crippen LogP contribution in [-0.2, 0) is 18.4 Å². The van der Waals surface area contributed by atoms with Crippen LogP contribution in [0.4, 0.5) is 0 Å². The van der Waals surface area contributed by atoms with Crippen LogP contribution in [0.15, 0.2) is 122 Å². The molecule has 0 aliphatic heterocycles.